The van der Waals surface area contributed by atoms with E-state index in [0.717, 1.165) is 23.9 Å². The summed E-state index contributed by atoms with van der Waals surface area (Å²) < 4.78 is 0. The molecule has 0 radical (unpaired) electrons. The van der Waals surface area contributed by atoms with Gasteiger partial charge in [0.1, 0.15) is 5.69 Å². The number of rotatable bonds is 1. The highest BCUT2D eigenvalue weighted by atomic mass is 16.1. The van der Waals surface area contributed by atoms with E-state index in [9.17, 15) is 4.79 Å². The molecule has 1 amide bonds. The Bertz CT molecular complexity index is 694. The Balaban J connectivity index is 1.99. The molecule has 4 nitrogen and oxygen atoms in total. The number of amides is 1. The Morgan fingerprint density at radius 2 is 2.14 bits per heavy atom. The van der Waals surface area contributed by atoms with Gasteiger partial charge in [-0.2, -0.15) is 0 Å². The van der Waals surface area contributed by atoms with Gasteiger partial charge in [-0.3, -0.25) is 9.78 Å². The van der Waals surface area contributed by atoms with Gasteiger partial charge < -0.3 is 10.3 Å². The number of hydrogen-bond donors (Lipinski definition) is 2. The van der Waals surface area contributed by atoms with Crippen LogP contribution in [0.3, 0.4) is 0 Å². The molecule has 0 saturated heterocycles. The molecular weight excluding hydrogens is 262 g/mol. The molecular formula is C17H23N3O. The van der Waals surface area contributed by atoms with Gasteiger partial charge in [-0.15, -0.1) is 0 Å². The van der Waals surface area contributed by atoms with Gasteiger partial charge in [0.15, 0.2) is 0 Å². The molecule has 1 atom stereocenters. The summed E-state index contributed by atoms with van der Waals surface area (Å²) in [5.74, 6) is 0.594. The van der Waals surface area contributed by atoms with Gasteiger partial charge in [0, 0.05) is 12.7 Å². The first-order valence-corrected chi connectivity index (χ1v) is 7.62. The summed E-state index contributed by atoms with van der Waals surface area (Å²) in [6.45, 7) is 6.94. The van der Waals surface area contributed by atoms with Crippen LogP contribution >= 0.6 is 0 Å². The molecule has 0 spiro atoms. The first kappa shape index (κ1) is 14.1. The van der Waals surface area contributed by atoms with Crippen molar-refractivity contribution in [1.29, 1.82) is 0 Å². The van der Waals surface area contributed by atoms with Gasteiger partial charge in [0.2, 0.25) is 0 Å². The lowest BCUT2D eigenvalue weighted by Gasteiger charge is -2.34. The number of nitrogens with one attached hydrogen (secondary N) is 2. The van der Waals surface area contributed by atoms with E-state index < -0.39 is 0 Å². The molecule has 1 aliphatic carbocycles. The van der Waals surface area contributed by atoms with Crippen LogP contribution in [0.2, 0.25) is 0 Å². The zero-order valence-corrected chi connectivity index (χ0v) is 13.2. The van der Waals surface area contributed by atoms with Crippen LogP contribution in [-0.4, -0.2) is 22.9 Å². The van der Waals surface area contributed by atoms with Gasteiger partial charge >= 0.3 is 0 Å². The maximum atomic E-state index is 11.7. The third-order valence-electron chi connectivity index (χ3n) is 4.66. The van der Waals surface area contributed by atoms with Gasteiger partial charge in [0.25, 0.3) is 5.91 Å². The maximum Gasteiger partial charge on any atom is 0.267 e. The SMILES string of the molecule is CNC(=O)c1cc2nc3c(cc2[nH]1)C[C@H](C(C)(C)C)CC3. The summed E-state index contributed by atoms with van der Waals surface area (Å²) in [5.41, 5.74) is 5.29. The molecule has 1 aliphatic rings. The Labute approximate surface area is 125 Å². The predicted octanol–water partition coefficient (Wildman–Crippen LogP) is 3.07. The second kappa shape index (κ2) is 4.86. The fourth-order valence-corrected chi connectivity index (χ4v) is 3.20. The van der Waals surface area contributed by atoms with E-state index in [0.29, 0.717) is 17.0 Å². The zero-order valence-electron chi connectivity index (χ0n) is 13.2. The lowest BCUT2D eigenvalue weighted by atomic mass is 9.71. The Hall–Kier alpha value is -1.84. The highest BCUT2D eigenvalue weighted by Gasteiger charge is 2.29. The highest BCUT2D eigenvalue weighted by Crippen LogP contribution is 2.37. The van der Waals surface area contributed by atoms with Crippen LogP contribution in [0.15, 0.2) is 12.1 Å². The minimum absolute atomic E-state index is 0.0986. The predicted molar refractivity (Wildman–Crippen MR) is 84.5 cm³/mol. The fraction of sp³-hybridized carbons (Fsp3) is 0.529. The van der Waals surface area contributed by atoms with Crippen molar-refractivity contribution >= 4 is 16.9 Å². The molecule has 3 rings (SSSR count). The van der Waals surface area contributed by atoms with Crippen LogP contribution in [0.4, 0.5) is 0 Å². The molecule has 2 heterocycles. The van der Waals surface area contributed by atoms with E-state index in [1.165, 1.54) is 17.7 Å². The van der Waals surface area contributed by atoms with Gasteiger partial charge in [0.05, 0.1) is 11.0 Å². The minimum Gasteiger partial charge on any atom is -0.354 e. The lowest BCUT2D eigenvalue weighted by molar-refractivity contribution is 0.0959. The third-order valence-corrected chi connectivity index (χ3v) is 4.66. The fourth-order valence-electron chi connectivity index (χ4n) is 3.20. The molecule has 112 valence electrons. The summed E-state index contributed by atoms with van der Waals surface area (Å²) in [4.78, 5) is 19.7. The van der Waals surface area contributed by atoms with Crippen LogP contribution < -0.4 is 5.32 Å². The molecule has 0 unspecified atom stereocenters. The number of carbonyl (C=O) groups excluding carboxylic acids is 1. The zero-order chi connectivity index (χ0) is 15.2. The second-order valence-electron chi connectivity index (χ2n) is 7.09. The summed E-state index contributed by atoms with van der Waals surface area (Å²) in [5, 5.41) is 2.64. The topological polar surface area (TPSA) is 57.8 Å². The van der Waals surface area contributed by atoms with Crippen molar-refractivity contribution in [1.82, 2.24) is 15.3 Å². The van der Waals surface area contributed by atoms with E-state index in [1.807, 2.05) is 6.07 Å². The van der Waals surface area contributed by atoms with Crippen LogP contribution in [0, 0.1) is 11.3 Å². The van der Waals surface area contributed by atoms with Crippen molar-refractivity contribution in [3.05, 3.63) is 29.1 Å². The monoisotopic (exact) mass is 285 g/mol. The quantitative estimate of drug-likeness (QED) is 0.846. The van der Waals surface area contributed by atoms with Crippen molar-refractivity contribution in [2.75, 3.05) is 7.05 Å². The summed E-state index contributed by atoms with van der Waals surface area (Å²) in [7, 11) is 1.64. The first-order valence-electron chi connectivity index (χ1n) is 7.62. The first-order chi connectivity index (χ1) is 9.88. The molecule has 2 aromatic rings. The summed E-state index contributed by atoms with van der Waals surface area (Å²) in [6.07, 6.45) is 3.31. The average Bonchev–Trinajstić information content (AvgIpc) is 2.84. The van der Waals surface area contributed by atoms with Crippen LogP contribution in [0.5, 0.6) is 0 Å². The number of aromatic amines is 1. The average molecular weight is 285 g/mol. The molecule has 0 bridgehead atoms. The van der Waals surface area contributed by atoms with Gasteiger partial charge in [-0.1, -0.05) is 20.8 Å². The van der Waals surface area contributed by atoms with Crippen molar-refractivity contribution in [2.45, 2.75) is 40.0 Å². The van der Waals surface area contributed by atoms with Crippen molar-refractivity contribution in [3.63, 3.8) is 0 Å². The Kier molecular flexibility index (Phi) is 3.27. The number of aromatic nitrogens is 2. The van der Waals surface area contributed by atoms with E-state index in [-0.39, 0.29) is 5.91 Å². The van der Waals surface area contributed by atoms with Crippen LogP contribution in [0.1, 0.15) is 48.9 Å². The van der Waals surface area contributed by atoms with E-state index in [4.69, 9.17) is 4.98 Å². The molecule has 0 fully saturated rings. The van der Waals surface area contributed by atoms with Crippen molar-refractivity contribution < 1.29 is 4.79 Å². The highest BCUT2D eigenvalue weighted by molar-refractivity contribution is 5.97. The van der Waals surface area contributed by atoms with Crippen LogP contribution in [-0.2, 0) is 12.8 Å². The summed E-state index contributed by atoms with van der Waals surface area (Å²) >= 11 is 0. The molecule has 21 heavy (non-hydrogen) atoms. The molecule has 2 N–H and O–H groups in total. The van der Waals surface area contributed by atoms with Gasteiger partial charge in [-0.25, -0.2) is 0 Å². The molecule has 0 aromatic carbocycles. The molecule has 2 aromatic heterocycles. The number of aryl methyl sites for hydroxylation is 1. The number of H-pyrrole nitrogens is 1. The second-order valence-corrected chi connectivity index (χ2v) is 7.09. The number of carbonyl (C=O) groups is 1. The van der Waals surface area contributed by atoms with Crippen LogP contribution in [0.25, 0.3) is 11.0 Å². The third kappa shape index (κ3) is 2.55. The molecule has 0 aliphatic heterocycles. The Morgan fingerprint density at radius 3 is 2.81 bits per heavy atom. The largest absolute Gasteiger partial charge is 0.354 e. The van der Waals surface area contributed by atoms with Crippen molar-refractivity contribution in [2.24, 2.45) is 11.3 Å². The maximum absolute atomic E-state index is 11.7. The smallest absolute Gasteiger partial charge is 0.267 e. The standard InChI is InChI=1S/C17H23N3O/c1-17(2,3)11-5-6-12-10(7-11)8-13-14(19-12)9-15(20-13)16(21)18-4/h8-9,11,20H,5-7H2,1-4H3,(H,18,21)/t11-/m1/s1. The summed E-state index contributed by atoms with van der Waals surface area (Å²) in [6, 6.07) is 4.02. The van der Waals surface area contributed by atoms with E-state index in [2.05, 4.69) is 37.1 Å². The number of nitrogens with zero attached hydrogens (tertiary/aromatic N) is 1. The Morgan fingerprint density at radius 1 is 1.38 bits per heavy atom. The van der Waals surface area contributed by atoms with E-state index >= 15 is 0 Å². The lowest BCUT2D eigenvalue weighted by Crippen LogP contribution is -2.27. The molecule has 0 saturated carbocycles. The minimum atomic E-state index is -0.0986. The van der Waals surface area contributed by atoms with Gasteiger partial charge in [-0.05, 0) is 48.3 Å². The number of hydrogen-bond acceptors (Lipinski definition) is 2. The molecule has 4 heteroatoms. The number of fused-ring (bicyclic) bond motifs is 2. The van der Waals surface area contributed by atoms with E-state index in [1.54, 1.807) is 7.05 Å². The van der Waals surface area contributed by atoms with Crippen molar-refractivity contribution in [3.8, 4) is 0 Å². The number of pyridine rings is 1. The normalized spacial score (nSPS) is 18.6.